The topological polar surface area (TPSA) is 68.2 Å². The molecule has 1 aromatic rings. The molecule has 112 valence electrons. The highest BCUT2D eigenvalue weighted by molar-refractivity contribution is 5.76. The molecule has 0 radical (unpaired) electrons. The smallest absolute Gasteiger partial charge is 0.240 e. The van der Waals surface area contributed by atoms with Crippen molar-refractivity contribution in [3.63, 3.8) is 0 Å². The highest BCUT2D eigenvalue weighted by Gasteiger charge is 2.17. The fraction of sp³-hybridized carbons (Fsp3) is 0.714. The highest BCUT2D eigenvalue weighted by atomic mass is 16.5. The van der Waals surface area contributed by atoms with Gasteiger partial charge in [-0.1, -0.05) is 12.8 Å². The van der Waals surface area contributed by atoms with Crippen LogP contribution in [-0.4, -0.2) is 41.8 Å². The number of aromatic nitrogens is 2. The van der Waals surface area contributed by atoms with E-state index in [0.717, 1.165) is 25.1 Å². The third-order valence-electron chi connectivity index (χ3n) is 3.52. The Morgan fingerprint density at radius 1 is 1.50 bits per heavy atom. The molecular formula is C14H24N4O2. The van der Waals surface area contributed by atoms with Gasteiger partial charge in [0.05, 0.1) is 18.6 Å². The maximum atomic E-state index is 11.9. The summed E-state index contributed by atoms with van der Waals surface area (Å²) in [6.07, 6.45) is 8.31. The van der Waals surface area contributed by atoms with Crippen LogP contribution in [0.1, 0.15) is 31.4 Å². The number of carbonyl (C=O) groups excluding carboxylic acids is 1. The zero-order valence-electron chi connectivity index (χ0n) is 12.1. The summed E-state index contributed by atoms with van der Waals surface area (Å²) in [6.45, 7) is 2.53. The van der Waals surface area contributed by atoms with Gasteiger partial charge in [0.1, 0.15) is 6.54 Å². The summed E-state index contributed by atoms with van der Waals surface area (Å²) in [5, 5.41) is 6.30. The van der Waals surface area contributed by atoms with Gasteiger partial charge in [0.25, 0.3) is 0 Å². The first-order valence-corrected chi connectivity index (χ1v) is 7.27. The maximum absolute atomic E-state index is 11.9. The van der Waals surface area contributed by atoms with E-state index in [4.69, 9.17) is 4.74 Å². The SMILES string of the molecule is COCCNCc1cn(CC(=O)NC2CCCC2)cn1. The van der Waals surface area contributed by atoms with Gasteiger partial charge >= 0.3 is 0 Å². The van der Waals surface area contributed by atoms with Crippen LogP contribution in [0.2, 0.25) is 0 Å². The molecule has 2 N–H and O–H groups in total. The van der Waals surface area contributed by atoms with E-state index in [9.17, 15) is 4.79 Å². The van der Waals surface area contributed by atoms with Crippen molar-refractivity contribution in [1.82, 2.24) is 20.2 Å². The Balaban J connectivity index is 1.69. The van der Waals surface area contributed by atoms with E-state index >= 15 is 0 Å². The van der Waals surface area contributed by atoms with Crippen LogP contribution in [0, 0.1) is 0 Å². The molecule has 1 amide bonds. The van der Waals surface area contributed by atoms with Gasteiger partial charge in [-0.05, 0) is 12.8 Å². The summed E-state index contributed by atoms with van der Waals surface area (Å²) in [4.78, 5) is 16.2. The van der Waals surface area contributed by atoms with Crippen molar-refractivity contribution in [2.24, 2.45) is 0 Å². The van der Waals surface area contributed by atoms with Crippen molar-refractivity contribution in [2.75, 3.05) is 20.3 Å². The van der Waals surface area contributed by atoms with E-state index < -0.39 is 0 Å². The lowest BCUT2D eigenvalue weighted by atomic mass is 10.2. The third-order valence-corrected chi connectivity index (χ3v) is 3.52. The van der Waals surface area contributed by atoms with Crippen LogP contribution in [0.3, 0.4) is 0 Å². The van der Waals surface area contributed by atoms with Crippen molar-refractivity contribution in [2.45, 2.75) is 44.8 Å². The molecule has 1 aromatic heterocycles. The molecule has 1 heterocycles. The molecule has 0 atom stereocenters. The Labute approximate surface area is 119 Å². The number of hydrogen-bond donors (Lipinski definition) is 2. The standard InChI is InChI=1S/C14H24N4O2/c1-20-7-6-15-8-13-9-18(11-16-13)10-14(19)17-12-4-2-3-5-12/h9,11-12,15H,2-8,10H2,1H3,(H,17,19). The molecule has 0 aliphatic heterocycles. The molecule has 1 saturated carbocycles. The van der Waals surface area contributed by atoms with E-state index in [0.29, 0.717) is 25.7 Å². The van der Waals surface area contributed by atoms with Crippen LogP contribution in [0.5, 0.6) is 0 Å². The first kappa shape index (κ1) is 15.0. The number of nitrogens with one attached hydrogen (secondary N) is 2. The lowest BCUT2D eigenvalue weighted by Gasteiger charge is -2.11. The summed E-state index contributed by atoms with van der Waals surface area (Å²) in [5.74, 6) is 0.0770. The molecule has 1 aliphatic carbocycles. The van der Waals surface area contributed by atoms with Crippen molar-refractivity contribution < 1.29 is 9.53 Å². The quantitative estimate of drug-likeness (QED) is 0.687. The minimum atomic E-state index is 0.0770. The number of imidazole rings is 1. The molecule has 0 aromatic carbocycles. The number of methoxy groups -OCH3 is 1. The van der Waals surface area contributed by atoms with Crippen LogP contribution >= 0.6 is 0 Å². The molecule has 2 rings (SSSR count). The maximum Gasteiger partial charge on any atom is 0.240 e. The molecule has 20 heavy (non-hydrogen) atoms. The lowest BCUT2D eigenvalue weighted by molar-refractivity contribution is -0.122. The third kappa shape index (κ3) is 4.94. The Morgan fingerprint density at radius 3 is 3.05 bits per heavy atom. The summed E-state index contributed by atoms with van der Waals surface area (Å²) in [7, 11) is 1.68. The van der Waals surface area contributed by atoms with Crippen LogP contribution < -0.4 is 10.6 Å². The van der Waals surface area contributed by atoms with E-state index in [1.807, 2.05) is 10.8 Å². The Hall–Kier alpha value is -1.40. The molecule has 0 saturated heterocycles. The highest BCUT2D eigenvalue weighted by Crippen LogP contribution is 2.17. The number of carbonyl (C=O) groups is 1. The average Bonchev–Trinajstić information content (AvgIpc) is 3.07. The molecule has 0 spiro atoms. The summed E-state index contributed by atoms with van der Waals surface area (Å²) in [6, 6.07) is 0.376. The number of hydrogen-bond acceptors (Lipinski definition) is 4. The predicted octanol–water partition coefficient (Wildman–Crippen LogP) is 0.678. The largest absolute Gasteiger partial charge is 0.383 e. The van der Waals surface area contributed by atoms with Gasteiger partial charge in [-0.15, -0.1) is 0 Å². The molecule has 6 nitrogen and oxygen atoms in total. The second-order valence-electron chi connectivity index (χ2n) is 5.26. The Kier molecular flexibility index (Phi) is 6.01. The Bertz CT molecular complexity index is 413. The fourth-order valence-electron chi connectivity index (χ4n) is 2.48. The molecule has 1 fully saturated rings. The van der Waals surface area contributed by atoms with Gasteiger partial charge in [-0.2, -0.15) is 0 Å². The molecular weight excluding hydrogens is 256 g/mol. The fourth-order valence-corrected chi connectivity index (χ4v) is 2.48. The average molecular weight is 280 g/mol. The summed E-state index contributed by atoms with van der Waals surface area (Å²) < 4.78 is 6.79. The second-order valence-corrected chi connectivity index (χ2v) is 5.26. The normalized spacial score (nSPS) is 15.7. The van der Waals surface area contributed by atoms with Gasteiger partial charge in [0.2, 0.25) is 5.91 Å². The monoisotopic (exact) mass is 280 g/mol. The van der Waals surface area contributed by atoms with Crippen LogP contribution in [-0.2, 0) is 22.6 Å². The predicted molar refractivity (Wildman–Crippen MR) is 76.2 cm³/mol. The van der Waals surface area contributed by atoms with E-state index in [1.54, 1.807) is 13.4 Å². The van der Waals surface area contributed by atoms with Crippen LogP contribution in [0.25, 0.3) is 0 Å². The number of ether oxygens (including phenoxy) is 1. The second kappa shape index (κ2) is 8.01. The van der Waals surface area contributed by atoms with Crippen molar-refractivity contribution in [3.05, 3.63) is 18.2 Å². The number of amides is 1. The van der Waals surface area contributed by atoms with Gasteiger partial charge in [0.15, 0.2) is 0 Å². The van der Waals surface area contributed by atoms with E-state index in [1.165, 1.54) is 12.8 Å². The Morgan fingerprint density at radius 2 is 2.30 bits per heavy atom. The van der Waals surface area contributed by atoms with Crippen molar-refractivity contribution in [3.8, 4) is 0 Å². The minimum Gasteiger partial charge on any atom is -0.383 e. The van der Waals surface area contributed by atoms with Crippen molar-refractivity contribution in [1.29, 1.82) is 0 Å². The zero-order valence-corrected chi connectivity index (χ0v) is 12.1. The molecule has 1 aliphatic rings. The van der Waals surface area contributed by atoms with E-state index in [2.05, 4.69) is 15.6 Å². The van der Waals surface area contributed by atoms with Gasteiger partial charge in [0, 0.05) is 32.4 Å². The van der Waals surface area contributed by atoms with Gasteiger partial charge in [-0.3, -0.25) is 4.79 Å². The number of rotatable bonds is 8. The van der Waals surface area contributed by atoms with Gasteiger partial charge in [-0.25, -0.2) is 4.98 Å². The van der Waals surface area contributed by atoms with Crippen LogP contribution in [0.4, 0.5) is 0 Å². The first-order chi connectivity index (χ1) is 9.78. The minimum absolute atomic E-state index is 0.0770. The van der Waals surface area contributed by atoms with Gasteiger partial charge < -0.3 is 19.9 Å². The summed E-state index contributed by atoms with van der Waals surface area (Å²) >= 11 is 0. The molecule has 0 bridgehead atoms. The molecule has 6 heteroatoms. The summed E-state index contributed by atoms with van der Waals surface area (Å²) in [5.41, 5.74) is 0.940. The molecule has 0 unspecified atom stereocenters. The van der Waals surface area contributed by atoms with Crippen molar-refractivity contribution >= 4 is 5.91 Å². The zero-order chi connectivity index (χ0) is 14.2. The van der Waals surface area contributed by atoms with E-state index in [-0.39, 0.29) is 5.91 Å². The lowest BCUT2D eigenvalue weighted by Crippen LogP contribution is -2.34. The number of nitrogens with zero attached hydrogens (tertiary/aromatic N) is 2. The first-order valence-electron chi connectivity index (χ1n) is 7.27. The van der Waals surface area contributed by atoms with Crippen LogP contribution in [0.15, 0.2) is 12.5 Å².